The van der Waals surface area contributed by atoms with Crippen molar-refractivity contribution in [3.8, 4) is 0 Å². The van der Waals surface area contributed by atoms with Gasteiger partial charge in [-0.1, -0.05) is 12.1 Å². The minimum absolute atomic E-state index is 0.00536. The molecule has 1 aromatic carbocycles. The van der Waals surface area contributed by atoms with Gasteiger partial charge < -0.3 is 15.2 Å². The van der Waals surface area contributed by atoms with Crippen LogP contribution in [0, 0.1) is 27.7 Å². The van der Waals surface area contributed by atoms with Crippen LogP contribution in [0.5, 0.6) is 0 Å². The van der Waals surface area contributed by atoms with Gasteiger partial charge in [0.15, 0.2) is 5.11 Å². The van der Waals surface area contributed by atoms with E-state index in [9.17, 15) is 0 Å². The van der Waals surface area contributed by atoms with Gasteiger partial charge in [0.1, 0.15) is 0 Å². The predicted octanol–water partition coefficient (Wildman–Crippen LogP) is 4.82. The summed E-state index contributed by atoms with van der Waals surface area (Å²) in [6.45, 7) is 8.49. The average Bonchev–Trinajstić information content (AvgIpc) is 3.16. The fourth-order valence-electron chi connectivity index (χ4n) is 3.88. The maximum Gasteiger partial charge on any atom is 0.174 e. The Morgan fingerprint density at radius 1 is 1.00 bits per heavy atom. The van der Waals surface area contributed by atoms with Gasteiger partial charge in [-0.25, -0.2) is 0 Å². The highest BCUT2D eigenvalue weighted by atomic mass is 32.1. The van der Waals surface area contributed by atoms with Crippen LogP contribution in [0.4, 0.5) is 5.69 Å². The molecule has 27 heavy (non-hydrogen) atoms. The highest BCUT2D eigenvalue weighted by Gasteiger charge is 2.41. The average molecular weight is 377 g/mol. The SMILES string of the molecule is Cc1cc([C@H]2[C@H](c3ccccn3)NC(=S)N2c2ccc(C)c(C)c2)c(C)[nH]1. The third-order valence-corrected chi connectivity index (χ3v) is 5.69. The van der Waals surface area contributed by atoms with Gasteiger partial charge in [-0.3, -0.25) is 4.98 Å². The van der Waals surface area contributed by atoms with E-state index in [1.54, 1.807) is 0 Å². The van der Waals surface area contributed by atoms with E-state index in [0.29, 0.717) is 0 Å². The summed E-state index contributed by atoms with van der Waals surface area (Å²) in [6.07, 6.45) is 1.84. The molecular weight excluding hydrogens is 352 g/mol. The van der Waals surface area contributed by atoms with E-state index in [-0.39, 0.29) is 12.1 Å². The van der Waals surface area contributed by atoms with Crippen molar-refractivity contribution < 1.29 is 0 Å². The number of hydrogen-bond donors (Lipinski definition) is 2. The van der Waals surface area contributed by atoms with Crippen molar-refractivity contribution in [2.45, 2.75) is 39.8 Å². The van der Waals surface area contributed by atoms with E-state index in [4.69, 9.17) is 12.2 Å². The normalized spacial score (nSPS) is 19.4. The fourth-order valence-corrected chi connectivity index (χ4v) is 4.22. The lowest BCUT2D eigenvalue weighted by Crippen LogP contribution is -2.29. The Morgan fingerprint density at radius 2 is 1.81 bits per heavy atom. The molecule has 1 fully saturated rings. The Labute approximate surface area is 165 Å². The van der Waals surface area contributed by atoms with Crippen molar-refractivity contribution in [3.05, 3.63) is 82.4 Å². The lowest BCUT2D eigenvalue weighted by atomic mass is 9.96. The van der Waals surface area contributed by atoms with Crippen molar-refractivity contribution in [3.63, 3.8) is 0 Å². The Kier molecular flexibility index (Phi) is 4.48. The molecule has 0 bridgehead atoms. The van der Waals surface area contributed by atoms with Crippen LogP contribution in [0.15, 0.2) is 48.7 Å². The number of aromatic amines is 1. The first-order valence-electron chi connectivity index (χ1n) is 9.19. The zero-order chi connectivity index (χ0) is 19.1. The molecule has 4 rings (SSSR count). The summed E-state index contributed by atoms with van der Waals surface area (Å²) < 4.78 is 0. The fraction of sp³-hybridized carbons (Fsp3) is 0.273. The summed E-state index contributed by atoms with van der Waals surface area (Å²) in [6, 6.07) is 14.8. The Balaban J connectivity index is 1.87. The summed E-state index contributed by atoms with van der Waals surface area (Å²) in [5.41, 5.74) is 8.21. The van der Waals surface area contributed by atoms with E-state index < -0.39 is 0 Å². The summed E-state index contributed by atoms with van der Waals surface area (Å²) in [4.78, 5) is 10.3. The van der Waals surface area contributed by atoms with Crippen LogP contribution >= 0.6 is 12.2 Å². The second kappa shape index (κ2) is 6.82. The molecule has 5 heteroatoms. The molecule has 2 N–H and O–H groups in total. The topological polar surface area (TPSA) is 44.0 Å². The summed E-state index contributed by atoms with van der Waals surface area (Å²) in [5, 5.41) is 4.25. The molecule has 138 valence electrons. The van der Waals surface area contributed by atoms with Gasteiger partial charge in [0.2, 0.25) is 0 Å². The van der Waals surface area contributed by atoms with E-state index in [0.717, 1.165) is 22.2 Å². The van der Waals surface area contributed by atoms with Crippen LogP contribution in [0.1, 0.15) is 45.9 Å². The van der Waals surface area contributed by atoms with Crippen molar-refractivity contribution in [2.24, 2.45) is 0 Å². The molecule has 2 atom stereocenters. The maximum absolute atomic E-state index is 5.78. The number of aryl methyl sites for hydroxylation is 4. The van der Waals surface area contributed by atoms with Crippen LogP contribution < -0.4 is 10.2 Å². The molecule has 3 heterocycles. The van der Waals surface area contributed by atoms with Gasteiger partial charge in [-0.2, -0.15) is 0 Å². The van der Waals surface area contributed by atoms with Crippen LogP contribution in [-0.2, 0) is 0 Å². The first kappa shape index (κ1) is 17.7. The van der Waals surface area contributed by atoms with Crippen LogP contribution in [0.3, 0.4) is 0 Å². The molecular formula is C22H24N4S. The molecule has 0 amide bonds. The number of hydrogen-bond acceptors (Lipinski definition) is 2. The van der Waals surface area contributed by atoms with Gasteiger partial charge in [-0.05, 0) is 86.9 Å². The summed E-state index contributed by atoms with van der Waals surface area (Å²) in [5.74, 6) is 0. The molecule has 0 aliphatic carbocycles. The number of H-pyrrole nitrogens is 1. The quantitative estimate of drug-likeness (QED) is 0.643. The highest BCUT2D eigenvalue weighted by molar-refractivity contribution is 7.80. The standard InChI is InChI=1S/C22H24N4S/c1-13-8-9-17(11-14(13)2)26-21(18-12-15(3)24-16(18)4)20(25-22(26)27)19-7-5-6-10-23-19/h5-12,20-21,24H,1-4H3,(H,25,27)/t20-,21-/m0/s1. The number of pyridine rings is 1. The molecule has 1 saturated heterocycles. The minimum Gasteiger partial charge on any atom is -0.362 e. The maximum atomic E-state index is 5.78. The molecule has 0 saturated carbocycles. The number of rotatable bonds is 3. The summed E-state index contributed by atoms with van der Waals surface area (Å²) in [7, 11) is 0. The van der Waals surface area contributed by atoms with Gasteiger partial charge >= 0.3 is 0 Å². The van der Waals surface area contributed by atoms with Gasteiger partial charge in [0.25, 0.3) is 0 Å². The molecule has 1 aliphatic heterocycles. The molecule has 1 aliphatic rings. The molecule has 3 aromatic rings. The Morgan fingerprint density at radius 3 is 2.44 bits per heavy atom. The van der Waals surface area contributed by atoms with Crippen molar-refractivity contribution in [1.29, 1.82) is 0 Å². The van der Waals surface area contributed by atoms with Crippen LogP contribution in [0.2, 0.25) is 0 Å². The lowest BCUT2D eigenvalue weighted by Gasteiger charge is -2.28. The Hall–Kier alpha value is -2.66. The van der Waals surface area contributed by atoms with Crippen molar-refractivity contribution in [2.75, 3.05) is 4.90 Å². The second-order valence-electron chi connectivity index (χ2n) is 7.30. The number of nitrogens with zero attached hydrogens (tertiary/aromatic N) is 2. The van der Waals surface area contributed by atoms with Crippen molar-refractivity contribution in [1.82, 2.24) is 15.3 Å². The zero-order valence-corrected chi connectivity index (χ0v) is 16.9. The molecule has 2 aromatic heterocycles. The Bertz CT molecular complexity index is 993. The molecule has 0 radical (unpaired) electrons. The van der Waals surface area contributed by atoms with Crippen LogP contribution in [-0.4, -0.2) is 15.1 Å². The lowest BCUT2D eigenvalue weighted by molar-refractivity contribution is 0.566. The largest absolute Gasteiger partial charge is 0.362 e. The third kappa shape index (κ3) is 3.12. The van der Waals surface area contributed by atoms with E-state index in [1.807, 2.05) is 18.3 Å². The summed E-state index contributed by atoms with van der Waals surface area (Å²) >= 11 is 5.78. The van der Waals surface area contributed by atoms with E-state index >= 15 is 0 Å². The third-order valence-electron chi connectivity index (χ3n) is 5.38. The van der Waals surface area contributed by atoms with Crippen LogP contribution in [0.25, 0.3) is 0 Å². The molecule has 0 unspecified atom stereocenters. The molecule has 0 spiro atoms. The van der Waals surface area contributed by atoms with Gasteiger partial charge in [-0.15, -0.1) is 0 Å². The number of thiocarbonyl (C=S) groups is 1. The number of anilines is 1. The zero-order valence-electron chi connectivity index (χ0n) is 16.1. The first-order chi connectivity index (χ1) is 13.0. The smallest absolute Gasteiger partial charge is 0.174 e. The number of benzene rings is 1. The second-order valence-corrected chi connectivity index (χ2v) is 7.68. The van der Waals surface area contributed by atoms with Gasteiger partial charge in [0, 0.05) is 23.3 Å². The number of aromatic nitrogens is 2. The van der Waals surface area contributed by atoms with Crippen molar-refractivity contribution >= 4 is 23.0 Å². The van der Waals surface area contributed by atoms with E-state index in [2.05, 4.69) is 78.2 Å². The predicted molar refractivity (Wildman–Crippen MR) is 114 cm³/mol. The minimum atomic E-state index is -0.00536. The van der Waals surface area contributed by atoms with Gasteiger partial charge in [0.05, 0.1) is 17.8 Å². The van der Waals surface area contributed by atoms with E-state index in [1.165, 1.54) is 22.4 Å². The number of nitrogens with one attached hydrogen (secondary N) is 2. The highest BCUT2D eigenvalue weighted by Crippen LogP contribution is 2.42. The molecule has 4 nitrogen and oxygen atoms in total. The monoisotopic (exact) mass is 376 g/mol. The first-order valence-corrected chi connectivity index (χ1v) is 9.60.